The number of amides is 3. The number of rotatable bonds is 3. The minimum absolute atomic E-state index is 0.0714. The van der Waals surface area contributed by atoms with Crippen LogP contribution in [0, 0.1) is 12.8 Å². The summed E-state index contributed by atoms with van der Waals surface area (Å²) in [6, 6.07) is 7.24. The van der Waals surface area contributed by atoms with Crippen molar-refractivity contribution in [3.63, 3.8) is 0 Å². The van der Waals surface area contributed by atoms with Gasteiger partial charge in [-0.25, -0.2) is 0 Å². The fourth-order valence-corrected chi connectivity index (χ4v) is 4.83. The SMILES string of the molecule is Cc1ccc(C(=O)N2C[C@H]3CCC[C@@H](C2)N(C)C3=O)cc1NC(=O)c1ccsc1. The second-order valence-corrected chi connectivity index (χ2v) is 8.72. The van der Waals surface area contributed by atoms with Crippen LogP contribution in [0.2, 0.25) is 0 Å². The largest absolute Gasteiger partial charge is 0.341 e. The van der Waals surface area contributed by atoms with Gasteiger partial charge in [0.05, 0.1) is 11.5 Å². The van der Waals surface area contributed by atoms with E-state index in [-0.39, 0.29) is 29.7 Å². The molecule has 29 heavy (non-hydrogen) atoms. The predicted molar refractivity (Wildman–Crippen MR) is 113 cm³/mol. The highest BCUT2D eigenvalue weighted by Crippen LogP contribution is 2.28. The first kappa shape index (κ1) is 19.6. The number of hydrogen-bond donors (Lipinski definition) is 1. The molecule has 2 aliphatic heterocycles. The molecule has 0 radical (unpaired) electrons. The van der Waals surface area contributed by atoms with Crippen LogP contribution in [0.15, 0.2) is 35.0 Å². The van der Waals surface area contributed by atoms with Crippen LogP contribution in [0.25, 0.3) is 0 Å². The van der Waals surface area contributed by atoms with Crippen LogP contribution in [0.3, 0.4) is 0 Å². The minimum Gasteiger partial charge on any atom is -0.341 e. The Balaban J connectivity index is 1.56. The monoisotopic (exact) mass is 411 g/mol. The van der Waals surface area contributed by atoms with Crippen molar-refractivity contribution in [3.05, 3.63) is 51.7 Å². The standard InChI is InChI=1S/C22H25N3O3S/c1-14-6-7-15(10-19(14)23-20(26)17-8-9-29-13-17)22(28)25-11-16-4-3-5-18(12-25)24(2)21(16)27/h6-10,13,16,18H,3-5,11-12H2,1-2H3,(H,23,26)/t16-,18+/m1/s1. The van der Waals surface area contributed by atoms with Crippen LogP contribution in [0.4, 0.5) is 5.69 Å². The van der Waals surface area contributed by atoms with Crippen molar-refractivity contribution in [1.82, 2.24) is 9.80 Å². The van der Waals surface area contributed by atoms with Crippen molar-refractivity contribution in [3.8, 4) is 0 Å². The molecular weight excluding hydrogens is 386 g/mol. The minimum atomic E-state index is -0.185. The molecule has 2 atom stereocenters. The van der Waals surface area contributed by atoms with Gasteiger partial charge in [-0.15, -0.1) is 0 Å². The van der Waals surface area contributed by atoms with E-state index in [2.05, 4.69) is 5.32 Å². The molecule has 152 valence electrons. The third-order valence-electron chi connectivity index (χ3n) is 6.01. The van der Waals surface area contributed by atoms with Crippen molar-refractivity contribution in [2.45, 2.75) is 32.2 Å². The van der Waals surface area contributed by atoms with Gasteiger partial charge in [0.25, 0.3) is 11.8 Å². The van der Waals surface area contributed by atoms with Crippen LogP contribution in [0.5, 0.6) is 0 Å². The first-order valence-corrected chi connectivity index (χ1v) is 10.9. The number of carbonyl (C=O) groups excluding carboxylic acids is 3. The molecule has 4 rings (SSSR count). The summed E-state index contributed by atoms with van der Waals surface area (Å²) in [5.41, 5.74) is 2.67. The van der Waals surface area contributed by atoms with E-state index in [1.54, 1.807) is 23.6 Å². The number of anilines is 1. The maximum atomic E-state index is 13.3. The normalized spacial score (nSPS) is 21.7. The molecule has 2 aliphatic rings. The van der Waals surface area contributed by atoms with Gasteiger partial charge in [0.2, 0.25) is 5.91 Å². The molecule has 0 aliphatic carbocycles. The van der Waals surface area contributed by atoms with Crippen LogP contribution in [0.1, 0.15) is 45.5 Å². The average Bonchev–Trinajstić information content (AvgIpc) is 3.16. The second kappa shape index (κ2) is 7.99. The molecule has 0 unspecified atom stereocenters. The van der Waals surface area contributed by atoms with Crippen molar-refractivity contribution in [1.29, 1.82) is 0 Å². The number of carbonyl (C=O) groups is 3. The lowest BCUT2D eigenvalue weighted by atomic mass is 9.98. The highest BCUT2D eigenvalue weighted by atomic mass is 32.1. The Morgan fingerprint density at radius 1 is 1.14 bits per heavy atom. The highest BCUT2D eigenvalue weighted by molar-refractivity contribution is 7.08. The Morgan fingerprint density at radius 2 is 1.97 bits per heavy atom. The number of hydrogen-bond acceptors (Lipinski definition) is 4. The Labute approximate surface area is 174 Å². The quantitative estimate of drug-likeness (QED) is 0.842. The first-order chi connectivity index (χ1) is 13.9. The molecule has 1 N–H and O–H groups in total. The second-order valence-electron chi connectivity index (χ2n) is 7.94. The first-order valence-electron chi connectivity index (χ1n) is 9.94. The number of likely N-dealkylation sites (tertiary alicyclic amines) is 1. The molecule has 0 saturated carbocycles. The molecule has 6 nitrogen and oxygen atoms in total. The van der Waals surface area contributed by atoms with Crippen molar-refractivity contribution < 1.29 is 14.4 Å². The number of fused-ring (bicyclic) bond motifs is 3. The van der Waals surface area contributed by atoms with Crippen LogP contribution >= 0.6 is 11.3 Å². The van der Waals surface area contributed by atoms with Crippen molar-refractivity contribution in [2.24, 2.45) is 5.92 Å². The molecule has 2 bridgehead atoms. The summed E-state index contributed by atoms with van der Waals surface area (Å²) in [5, 5.41) is 6.56. The fourth-order valence-electron chi connectivity index (χ4n) is 4.19. The van der Waals surface area contributed by atoms with Gasteiger partial charge in [-0.2, -0.15) is 11.3 Å². The van der Waals surface area contributed by atoms with E-state index < -0.39 is 0 Å². The Hall–Kier alpha value is -2.67. The summed E-state index contributed by atoms with van der Waals surface area (Å²) in [5.74, 6) is -0.249. The Morgan fingerprint density at radius 3 is 2.72 bits per heavy atom. The maximum absolute atomic E-state index is 13.3. The lowest BCUT2D eigenvalue weighted by Crippen LogP contribution is -2.42. The zero-order chi connectivity index (χ0) is 20.5. The lowest BCUT2D eigenvalue weighted by Gasteiger charge is -2.29. The third-order valence-corrected chi connectivity index (χ3v) is 6.69. The van der Waals surface area contributed by atoms with E-state index in [9.17, 15) is 14.4 Å². The van der Waals surface area contributed by atoms with Gasteiger partial charge in [-0.1, -0.05) is 12.5 Å². The van der Waals surface area contributed by atoms with Crippen molar-refractivity contribution >= 4 is 34.7 Å². The molecule has 3 heterocycles. The Kier molecular flexibility index (Phi) is 5.41. The fraction of sp³-hybridized carbons (Fsp3) is 0.409. The molecule has 2 saturated heterocycles. The molecule has 1 aromatic heterocycles. The zero-order valence-corrected chi connectivity index (χ0v) is 17.5. The smallest absolute Gasteiger partial charge is 0.256 e. The van der Waals surface area contributed by atoms with Gasteiger partial charge in [0.1, 0.15) is 0 Å². The Bertz CT molecular complexity index is 941. The van der Waals surface area contributed by atoms with Gasteiger partial charge >= 0.3 is 0 Å². The average molecular weight is 412 g/mol. The topological polar surface area (TPSA) is 69.7 Å². The van der Waals surface area contributed by atoms with Crippen LogP contribution in [-0.2, 0) is 4.79 Å². The summed E-state index contributed by atoms with van der Waals surface area (Å²) >= 11 is 1.47. The summed E-state index contributed by atoms with van der Waals surface area (Å²) in [6.45, 7) is 2.92. The number of benzene rings is 1. The van der Waals surface area contributed by atoms with Gasteiger partial charge < -0.3 is 15.1 Å². The third kappa shape index (κ3) is 3.92. The number of nitrogens with zero attached hydrogens (tertiary/aromatic N) is 2. The van der Waals surface area contributed by atoms with E-state index in [1.807, 2.05) is 35.2 Å². The summed E-state index contributed by atoms with van der Waals surface area (Å²) in [4.78, 5) is 41.9. The number of aryl methyl sites for hydroxylation is 1. The number of likely N-dealkylation sites (N-methyl/N-ethyl adjacent to an activating group) is 1. The summed E-state index contributed by atoms with van der Waals surface area (Å²) in [7, 11) is 1.85. The van der Waals surface area contributed by atoms with E-state index in [4.69, 9.17) is 0 Å². The van der Waals surface area contributed by atoms with Crippen molar-refractivity contribution in [2.75, 3.05) is 25.5 Å². The van der Waals surface area contributed by atoms with Crippen LogP contribution < -0.4 is 5.32 Å². The molecule has 2 fully saturated rings. The summed E-state index contributed by atoms with van der Waals surface area (Å²) < 4.78 is 0. The highest BCUT2D eigenvalue weighted by Gasteiger charge is 2.38. The van der Waals surface area contributed by atoms with E-state index in [0.717, 1.165) is 24.8 Å². The van der Waals surface area contributed by atoms with E-state index in [1.165, 1.54) is 11.3 Å². The van der Waals surface area contributed by atoms with E-state index >= 15 is 0 Å². The predicted octanol–water partition coefficient (Wildman–Crippen LogP) is 3.39. The van der Waals surface area contributed by atoms with Gasteiger partial charge in [0.15, 0.2) is 0 Å². The van der Waals surface area contributed by atoms with Gasteiger partial charge in [-0.05, 0) is 48.9 Å². The molecule has 1 aromatic carbocycles. The van der Waals surface area contributed by atoms with Crippen LogP contribution in [-0.4, -0.2) is 53.7 Å². The molecule has 0 spiro atoms. The number of nitrogens with one attached hydrogen (secondary N) is 1. The molecular formula is C22H25N3O3S. The lowest BCUT2D eigenvalue weighted by molar-refractivity contribution is -0.134. The number of thiophene rings is 1. The molecule has 2 aromatic rings. The van der Waals surface area contributed by atoms with Gasteiger partial charge in [-0.3, -0.25) is 14.4 Å². The molecule has 7 heteroatoms. The molecule has 3 amide bonds. The zero-order valence-electron chi connectivity index (χ0n) is 16.7. The van der Waals surface area contributed by atoms with Gasteiger partial charge in [0, 0.05) is 42.8 Å². The maximum Gasteiger partial charge on any atom is 0.256 e. The summed E-state index contributed by atoms with van der Waals surface area (Å²) in [6.07, 6.45) is 2.79. The van der Waals surface area contributed by atoms with E-state index in [0.29, 0.717) is 29.9 Å².